The van der Waals surface area contributed by atoms with Crippen LogP contribution >= 0.6 is 11.8 Å². The zero-order chi connectivity index (χ0) is 11.5. The molecular formula is C13H15N3S. The van der Waals surface area contributed by atoms with Gasteiger partial charge >= 0.3 is 0 Å². The third-order valence-electron chi connectivity index (χ3n) is 3.07. The lowest BCUT2D eigenvalue weighted by atomic mass is 10.2. The summed E-state index contributed by atoms with van der Waals surface area (Å²) >= 11 is 1.90. The fraction of sp³-hybridized carbons (Fsp3) is 0.385. The molecule has 1 N–H and O–H groups in total. The highest BCUT2D eigenvalue weighted by Crippen LogP contribution is 2.31. The molecule has 88 valence electrons. The lowest BCUT2D eigenvalue weighted by Gasteiger charge is -2.21. The Balaban J connectivity index is 1.89. The highest BCUT2D eigenvalue weighted by atomic mass is 32.2. The Morgan fingerprint density at radius 2 is 1.94 bits per heavy atom. The zero-order valence-electron chi connectivity index (χ0n) is 9.60. The lowest BCUT2D eigenvalue weighted by Crippen LogP contribution is -2.29. The fourth-order valence-electron chi connectivity index (χ4n) is 2.15. The van der Waals surface area contributed by atoms with E-state index in [0.717, 1.165) is 23.6 Å². The third-order valence-corrected chi connectivity index (χ3v) is 4.42. The smallest absolute Gasteiger partial charge is 0.117 e. The molecule has 0 saturated carbocycles. The van der Waals surface area contributed by atoms with Crippen LogP contribution in [0.15, 0.2) is 35.6 Å². The van der Waals surface area contributed by atoms with E-state index in [9.17, 15) is 0 Å². The summed E-state index contributed by atoms with van der Waals surface area (Å²) in [4.78, 5) is 8.73. The molecule has 1 aromatic carbocycles. The number of hydrogen-bond donors (Lipinski definition) is 1. The standard InChI is InChI=1S/C13H15N3S/c1-2-4-12-11(3-1)13(16-9-15-12)17-10-5-7-14-8-6-10/h1-4,9-10,14H,5-8H2. The molecule has 17 heavy (non-hydrogen) atoms. The van der Waals surface area contributed by atoms with Crippen molar-refractivity contribution in [1.82, 2.24) is 15.3 Å². The lowest BCUT2D eigenvalue weighted by molar-refractivity contribution is 0.531. The molecule has 0 radical (unpaired) electrons. The summed E-state index contributed by atoms with van der Waals surface area (Å²) in [5.74, 6) is 0. The van der Waals surface area contributed by atoms with Gasteiger partial charge in [0.2, 0.25) is 0 Å². The van der Waals surface area contributed by atoms with Crippen LogP contribution in [-0.4, -0.2) is 28.3 Å². The number of hydrogen-bond acceptors (Lipinski definition) is 4. The van der Waals surface area contributed by atoms with Crippen molar-refractivity contribution in [3.05, 3.63) is 30.6 Å². The quantitative estimate of drug-likeness (QED) is 0.825. The normalized spacial score (nSPS) is 17.4. The summed E-state index contributed by atoms with van der Waals surface area (Å²) in [7, 11) is 0. The molecule has 3 nitrogen and oxygen atoms in total. The van der Waals surface area contributed by atoms with Crippen molar-refractivity contribution < 1.29 is 0 Å². The molecule has 1 aliphatic rings. The SMILES string of the molecule is c1ccc2c(SC3CCNCC3)ncnc2c1. The second-order valence-electron chi connectivity index (χ2n) is 4.26. The van der Waals surface area contributed by atoms with Gasteiger partial charge in [0, 0.05) is 10.6 Å². The minimum Gasteiger partial charge on any atom is -0.317 e. The first-order valence-corrected chi connectivity index (χ1v) is 6.88. The summed E-state index contributed by atoms with van der Waals surface area (Å²) in [6.45, 7) is 2.25. The monoisotopic (exact) mass is 245 g/mol. The molecule has 4 heteroatoms. The fourth-order valence-corrected chi connectivity index (χ4v) is 3.34. The maximum Gasteiger partial charge on any atom is 0.117 e. The number of thioether (sulfide) groups is 1. The number of piperidine rings is 1. The second-order valence-corrected chi connectivity index (χ2v) is 5.55. The van der Waals surface area contributed by atoms with Gasteiger partial charge in [-0.1, -0.05) is 18.2 Å². The zero-order valence-corrected chi connectivity index (χ0v) is 10.4. The summed E-state index contributed by atoms with van der Waals surface area (Å²) in [5.41, 5.74) is 1.04. The maximum absolute atomic E-state index is 4.43. The molecule has 0 aliphatic carbocycles. The first kappa shape index (κ1) is 11.0. The molecule has 0 spiro atoms. The predicted octanol–water partition coefficient (Wildman–Crippen LogP) is 2.47. The van der Waals surface area contributed by atoms with Crippen LogP contribution in [0, 0.1) is 0 Å². The van der Waals surface area contributed by atoms with E-state index < -0.39 is 0 Å². The van der Waals surface area contributed by atoms with Gasteiger partial charge in [-0.2, -0.15) is 0 Å². The average molecular weight is 245 g/mol. The molecule has 2 heterocycles. The van der Waals surface area contributed by atoms with Gasteiger partial charge < -0.3 is 5.32 Å². The van der Waals surface area contributed by atoms with Crippen LogP contribution in [0.3, 0.4) is 0 Å². The number of rotatable bonds is 2. The van der Waals surface area contributed by atoms with Gasteiger partial charge in [0.05, 0.1) is 5.52 Å². The number of nitrogens with one attached hydrogen (secondary N) is 1. The summed E-state index contributed by atoms with van der Waals surface area (Å²) in [6.07, 6.45) is 4.12. The van der Waals surface area contributed by atoms with Crippen LogP contribution < -0.4 is 5.32 Å². The summed E-state index contributed by atoms with van der Waals surface area (Å²) in [5, 5.41) is 6.39. The largest absolute Gasteiger partial charge is 0.317 e. The first-order chi connectivity index (χ1) is 8.43. The molecule has 0 atom stereocenters. The first-order valence-electron chi connectivity index (χ1n) is 6.00. The highest BCUT2D eigenvalue weighted by Gasteiger charge is 2.16. The molecule has 2 aromatic rings. The van der Waals surface area contributed by atoms with Crippen molar-refractivity contribution in [3.8, 4) is 0 Å². The molecule has 0 unspecified atom stereocenters. The topological polar surface area (TPSA) is 37.8 Å². The Bertz CT molecular complexity index is 503. The van der Waals surface area contributed by atoms with Crippen LogP contribution in [0.25, 0.3) is 10.9 Å². The van der Waals surface area contributed by atoms with Gasteiger partial charge in [-0.05, 0) is 32.0 Å². The van der Waals surface area contributed by atoms with Crippen molar-refractivity contribution in [2.75, 3.05) is 13.1 Å². The van der Waals surface area contributed by atoms with E-state index in [-0.39, 0.29) is 0 Å². The second kappa shape index (κ2) is 5.02. The predicted molar refractivity (Wildman–Crippen MR) is 71.3 cm³/mol. The van der Waals surface area contributed by atoms with Crippen molar-refractivity contribution in [3.63, 3.8) is 0 Å². The average Bonchev–Trinajstić information content (AvgIpc) is 2.40. The summed E-state index contributed by atoms with van der Waals surface area (Å²) < 4.78 is 0. The van der Waals surface area contributed by atoms with Crippen LogP contribution in [0.1, 0.15) is 12.8 Å². The van der Waals surface area contributed by atoms with E-state index in [1.165, 1.54) is 18.2 Å². The molecule has 3 rings (SSSR count). The minimum atomic E-state index is 0.689. The van der Waals surface area contributed by atoms with Gasteiger partial charge in [0.15, 0.2) is 0 Å². The summed E-state index contributed by atoms with van der Waals surface area (Å²) in [6, 6.07) is 8.23. The number of para-hydroxylation sites is 1. The van der Waals surface area contributed by atoms with Gasteiger partial charge in [0.1, 0.15) is 11.4 Å². The Kier molecular flexibility index (Phi) is 3.25. The van der Waals surface area contributed by atoms with Crippen LogP contribution in [0.4, 0.5) is 0 Å². The van der Waals surface area contributed by atoms with Crippen molar-refractivity contribution >= 4 is 22.7 Å². The Morgan fingerprint density at radius 1 is 1.12 bits per heavy atom. The number of fused-ring (bicyclic) bond motifs is 1. The van der Waals surface area contributed by atoms with Gasteiger partial charge in [-0.25, -0.2) is 9.97 Å². The molecule has 0 amide bonds. The Labute approximate surface area is 105 Å². The Morgan fingerprint density at radius 3 is 2.82 bits per heavy atom. The Hall–Kier alpha value is -1.13. The van der Waals surface area contributed by atoms with Crippen molar-refractivity contribution in [2.45, 2.75) is 23.1 Å². The van der Waals surface area contributed by atoms with Gasteiger partial charge in [0.25, 0.3) is 0 Å². The van der Waals surface area contributed by atoms with E-state index in [0.29, 0.717) is 5.25 Å². The van der Waals surface area contributed by atoms with Crippen LogP contribution in [-0.2, 0) is 0 Å². The molecule has 0 bridgehead atoms. The molecule has 1 fully saturated rings. The maximum atomic E-state index is 4.43. The molecular weight excluding hydrogens is 230 g/mol. The number of nitrogens with zero attached hydrogens (tertiary/aromatic N) is 2. The number of benzene rings is 1. The molecule has 1 aromatic heterocycles. The van der Waals surface area contributed by atoms with E-state index >= 15 is 0 Å². The van der Waals surface area contributed by atoms with Crippen molar-refractivity contribution in [2.24, 2.45) is 0 Å². The van der Waals surface area contributed by atoms with Gasteiger partial charge in [-0.3, -0.25) is 0 Å². The molecule has 1 aliphatic heterocycles. The van der Waals surface area contributed by atoms with Crippen LogP contribution in [0.5, 0.6) is 0 Å². The van der Waals surface area contributed by atoms with Crippen LogP contribution in [0.2, 0.25) is 0 Å². The van der Waals surface area contributed by atoms with Gasteiger partial charge in [-0.15, -0.1) is 11.8 Å². The highest BCUT2D eigenvalue weighted by molar-refractivity contribution is 8.00. The van der Waals surface area contributed by atoms with E-state index in [2.05, 4.69) is 27.4 Å². The van der Waals surface area contributed by atoms with Crippen molar-refractivity contribution in [1.29, 1.82) is 0 Å². The van der Waals surface area contributed by atoms with E-state index in [1.807, 2.05) is 23.9 Å². The van der Waals surface area contributed by atoms with E-state index in [4.69, 9.17) is 0 Å². The van der Waals surface area contributed by atoms with E-state index in [1.54, 1.807) is 6.33 Å². The minimum absolute atomic E-state index is 0.689. The number of aromatic nitrogens is 2. The molecule has 1 saturated heterocycles. The third kappa shape index (κ3) is 2.42.